The van der Waals surface area contributed by atoms with Gasteiger partial charge in [0.05, 0.1) is 5.56 Å². The molecule has 4 nitrogen and oxygen atoms in total. The van der Waals surface area contributed by atoms with E-state index >= 15 is 0 Å². The number of carbonyl (C=O) groups excluding carboxylic acids is 1. The van der Waals surface area contributed by atoms with Crippen LogP contribution in [0.2, 0.25) is 0 Å². The van der Waals surface area contributed by atoms with Crippen LogP contribution >= 0.6 is 0 Å². The summed E-state index contributed by atoms with van der Waals surface area (Å²) >= 11 is 0. The summed E-state index contributed by atoms with van der Waals surface area (Å²) in [7, 11) is 0. The summed E-state index contributed by atoms with van der Waals surface area (Å²) in [6.45, 7) is 1.63. The first-order valence-electron chi connectivity index (χ1n) is 6.68. The van der Waals surface area contributed by atoms with Gasteiger partial charge in [-0.15, -0.1) is 0 Å². The molecule has 2 N–H and O–H groups in total. The number of hydrogen-bond donors (Lipinski definition) is 1. The van der Waals surface area contributed by atoms with E-state index in [0.717, 1.165) is 18.6 Å². The summed E-state index contributed by atoms with van der Waals surface area (Å²) in [6, 6.07) is 4.28. The molecule has 0 bridgehead atoms. The number of carbonyl (C=O) groups is 1. The highest BCUT2D eigenvalue weighted by atomic mass is 19.4. The fraction of sp³-hybridized carbons (Fsp3) is 0.500. The Kier molecular flexibility index (Phi) is 4.72. The molecule has 0 spiro atoms. The van der Waals surface area contributed by atoms with Crippen molar-refractivity contribution in [2.75, 3.05) is 26.2 Å². The summed E-state index contributed by atoms with van der Waals surface area (Å²) in [4.78, 5) is 13.6. The molecule has 0 unspecified atom stereocenters. The van der Waals surface area contributed by atoms with Crippen molar-refractivity contribution in [2.24, 2.45) is 11.7 Å². The summed E-state index contributed by atoms with van der Waals surface area (Å²) < 4.78 is 42.4. The molecule has 2 rings (SSSR count). The first-order chi connectivity index (χ1) is 9.90. The smallest absolute Gasteiger partial charge is 0.416 e. The third-order valence-corrected chi connectivity index (χ3v) is 3.52. The Hall–Kier alpha value is -1.76. The number of likely N-dealkylation sites (tertiary alicyclic amines) is 1. The summed E-state index contributed by atoms with van der Waals surface area (Å²) in [5, 5.41) is 0. The maximum atomic E-state index is 12.4. The highest BCUT2D eigenvalue weighted by Crippen LogP contribution is 2.30. The molecule has 21 heavy (non-hydrogen) atoms. The Morgan fingerprint density at radius 3 is 2.52 bits per heavy atom. The first kappa shape index (κ1) is 15.6. The lowest BCUT2D eigenvalue weighted by molar-refractivity contribution is -0.137. The van der Waals surface area contributed by atoms with Gasteiger partial charge in [-0.25, -0.2) is 0 Å². The molecule has 0 aliphatic carbocycles. The Labute approximate surface area is 120 Å². The van der Waals surface area contributed by atoms with Crippen LogP contribution in [0.4, 0.5) is 13.2 Å². The van der Waals surface area contributed by atoms with E-state index in [1.54, 1.807) is 4.90 Å². The van der Waals surface area contributed by atoms with Crippen molar-refractivity contribution >= 4 is 5.91 Å². The van der Waals surface area contributed by atoms with Gasteiger partial charge in [-0.2, -0.15) is 13.2 Å². The molecule has 1 saturated heterocycles. The molecule has 1 aromatic rings. The average Bonchev–Trinajstić information content (AvgIpc) is 2.93. The zero-order valence-electron chi connectivity index (χ0n) is 11.4. The lowest BCUT2D eigenvalue weighted by Gasteiger charge is -2.16. The van der Waals surface area contributed by atoms with Gasteiger partial charge in [0.25, 0.3) is 5.91 Å². The number of nitrogens with zero attached hydrogens (tertiary/aromatic N) is 1. The van der Waals surface area contributed by atoms with E-state index in [-0.39, 0.29) is 18.3 Å². The third kappa shape index (κ3) is 4.10. The van der Waals surface area contributed by atoms with Crippen LogP contribution in [-0.4, -0.2) is 37.0 Å². The Bertz CT molecular complexity index is 488. The molecule has 1 aliphatic rings. The van der Waals surface area contributed by atoms with Crippen molar-refractivity contribution in [2.45, 2.75) is 12.6 Å². The molecular weight excluding hydrogens is 285 g/mol. The number of hydrogen-bond acceptors (Lipinski definition) is 3. The van der Waals surface area contributed by atoms with Crippen LogP contribution in [-0.2, 0) is 11.0 Å². The normalized spacial score (nSPS) is 18.9. The molecule has 0 saturated carbocycles. The fourth-order valence-corrected chi connectivity index (χ4v) is 2.23. The molecule has 116 valence electrons. The minimum atomic E-state index is -4.37. The number of benzene rings is 1. The van der Waals surface area contributed by atoms with E-state index in [1.807, 2.05) is 0 Å². The summed E-state index contributed by atoms with van der Waals surface area (Å²) in [5.74, 6) is 0.386. The predicted molar refractivity (Wildman–Crippen MR) is 70.7 cm³/mol. The molecule has 0 radical (unpaired) electrons. The van der Waals surface area contributed by atoms with Gasteiger partial charge < -0.3 is 15.4 Å². The minimum absolute atomic E-state index is 0.175. The van der Waals surface area contributed by atoms with Crippen molar-refractivity contribution in [3.8, 4) is 5.75 Å². The maximum Gasteiger partial charge on any atom is 0.416 e. The molecule has 1 heterocycles. The molecule has 1 atom stereocenters. The maximum absolute atomic E-state index is 12.4. The van der Waals surface area contributed by atoms with Crippen molar-refractivity contribution < 1.29 is 22.7 Å². The quantitative estimate of drug-likeness (QED) is 0.924. The number of nitrogens with two attached hydrogens (primary N) is 1. The van der Waals surface area contributed by atoms with Crippen LogP contribution in [0.5, 0.6) is 5.75 Å². The Morgan fingerprint density at radius 2 is 2.00 bits per heavy atom. The highest BCUT2D eigenvalue weighted by molar-refractivity contribution is 5.78. The third-order valence-electron chi connectivity index (χ3n) is 3.52. The lowest BCUT2D eigenvalue weighted by Crippen LogP contribution is -2.33. The second-order valence-electron chi connectivity index (χ2n) is 5.04. The van der Waals surface area contributed by atoms with Crippen molar-refractivity contribution in [3.63, 3.8) is 0 Å². The zero-order chi connectivity index (χ0) is 15.5. The number of rotatable bonds is 4. The molecule has 1 fully saturated rings. The van der Waals surface area contributed by atoms with Crippen LogP contribution in [0, 0.1) is 5.92 Å². The summed E-state index contributed by atoms with van der Waals surface area (Å²) in [5.41, 5.74) is 4.81. The van der Waals surface area contributed by atoms with Crippen LogP contribution in [0.3, 0.4) is 0 Å². The average molecular weight is 302 g/mol. The van der Waals surface area contributed by atoms with Gasteiger partial charge in [0.2, 0.25) is 0 Å². The van der Waals surface area contributed by atoms with E-state index in [9.17, 15) is 18.0 Å². The van der Waals surface area contributed by atoms with E-state index in [1.165, 1.54) is 12.1 Å². The second-order valence-corrected chi connectivity index (χ2v) is 5.04. The van der Waals surface area contributed by atoms with Crippen molar-refractivity contribution in [1.29, 1.82) is 0 Å². The standard InChI is InChI=1S/C14H17F3N2O2/c15-14(16,17)11-1-3-12(4-2-11)21-9-13(20)19-6-5-10(7-18)8-19/h1-4,10H,5-9,18H2/t10-/m1/s1. The van der Waals surface area contributed by atoms with E-state index in [0.29, 0.717) is 25.6 Å². The number of ether oxygens (including phenoxy) is 1. The molecule has 1 amide bonds. The molecule has 1 aromatic carbocycles. The molecule has 0 aromatic heterocycles. The molecule has 1 aliphatic heterocycles. The number of amides is 1. The van der Waals surface area contributed by atoms with Crippen molar-refractivity contribution in [1.82, 2.24) is 4.90 Å². The molecule has 7 heteroatoms. The van der Waals surface area contributed by atoms with E-state index < -0.39 is 11.7 Å². The number of alkyl halides is 3. The van der Waals surface area contributed by atoms with E-state index in [4.69, 9.17) is 10.5 Å². The van der Waals surface area contributed by atoms with Crippen LogP contribution in [0.15, 0.2) is 24.3 Å². The van der Waals surface area contributed by atoms with Crippen LogP contribution in [0.1, 0.15) is 12.0 Å². The topological polar surface area (TPSA) is 55.6 Å². The van der Waals surface area contributed by atoms with Crippen LogP contribution < -0.4 is 10.5 Å². The van der Waals surface area contributed by atoms with Gasteiger partial charge in [-0.05, 0) is 43.1 Å². The van der Waals surface area contributed by atoms with Crippen LogP contribution in [0.25, 0.3) is 0 Å². The van der Waals surface area contributed by atoms with Gasteiger partial charge >= 0.3 is 6.18 Å². The minimum Gasteiger partial charge on any atom is -0.484 e. The van der Waals surface area contributed by atoms with Gasteiger partial charge in [-0.3, -0.25) is 4.79 Å². The Balaban J connectivity index is 1.84. The molecular formula is C14H17F3N2O2. The highest BCUT2D eigenvalue weighted by Gasteiger charge is 2.30. The lowest BCUT2D eigenvalue weighted by atomic mass is 10.1. The largest absolute Gasteiger partial charge is 0.484 e. The SMILES string of the molecule is NC[C@H]1CCN(C(=O)COc2ccc(C(F)(F)F)cc2)C1. The second kappa shape index (κ2) is 6.34. The fourth-order valence-electron chi connectivity index (χ4n) is 2.23. The van der Waals surface area contributed by atoms with Gasteiger partial charge in [0.1, 0.15) is 5.75 Å². The summed E-state index contributed by atoms with van der Waals surface area (Å²) in [6.07, 6.45) is -3.50. The monoisotopic (exact) mass is 302 g/mol. The van der Waals surface area contributed by atoms with Gasteiger partial charge in [0.15, 0.2) is 6.61 Å². The van der Waals surface area contributed by atoms with E-state index in [2.05, 4.69) is 0 Å². The predicted octanol–water partition coefficient (Wildman–Crippen LogP) is 1.89. The van der Waals surface area contributed by atoms with Gasteiger partial charge in [0, 0.05) is 13.1 Å². The van der Waals surface area contributed by atoms with Crippen molar-refractivity contribution in [3.05, 3.63) is 29.8 Å². The Morgan fingerprint density at radius 1 is 1.33 bits per heavy atom. The number of halogens is 3. The first-order valence-corrected chi connectivity index (χ1v) is 6.68. The van der Waals surface area contributed by atoms with Gasteiger partial charge in [-0.1, -0.05) is 0 Å². The zero-order valence-corrected chi connectivity index (χ0v) is 11.4.